The van der Waals surface area contributed by atoms with Crippen LogP contribution in [-0.4, -0.2) is 36.2 Å². The van der Waals surface area contributed by atoms with Crippen LogP contribution in [0.15, 0.2) is 11.6 Å². The lowest BCUT2D eigenvalue weighted by atomic mass is 10.1. The Labute approximate surface area is 115 Å². The van der Waals surface area contributed by atoms with Crippen LogP contribution in [0, 0.1) is 6.92 Å². The van der Waals surface area contributed by atoms with E-state index in [2.05, 4.69) is 20.3 Å². The Morgan fingerprint density at radius 3 is 2.58 bits per heavy atom. The lowest BCUT2D eigenvalue weighted by Gasteiger charge is -2.16. The van der Waals surface area contributed by atoms with Crippen molar-refractivity contribution in [2.24, 2.45) is 0 Å². The van der Waals surface area contributed by atoms with Crippen LogP contribution in [0.5, 0.6) is 11.8 Å². The second-order valence-electron chi connectivity index (χ2n) is 3.82. The van der Waals surface area contributed by atoms with Crippen molar-refractivity contribution in [2.75, 3.05) is 21.3 Å². The van der Waals surface area contributed by atoms with Gasteiger partial charge in [-0.25, -0.2) is 9.97 Å². The Bertz CT molecular complexity index is 558. The highest BCUT2D eigenvalue weighted by atomic mass is 32.1. The van der Waals surface area contributed by atoms with E-state index >= 15 is 0 Å². The fraction of sp³-hybridized carbons (Fsp3) is 0.417. The minimum absolute atomic E-state index is 0.154. The smallest absolute Gasteiger partial charge is 0.240 e. The summed E-state index contributed by atoms with van der Waals surface area (Å²) in [6, 6.07) is -0.154. The monoisotopic (exact) mass is 280 g/mol. The van der Waals surface area contributed by atoms with Gasteiger partial charge in [-0.3, -0.25) is 0 Å². The predicted octanol–water partition coefficient (Wildman–Crippen LogP) is 1.57. The first-order chi connectivity index (χ1) is 9.19. The topological polar surface area (TPSA) is 69.2 Å². The molecule has 1 atom stereocenters. The van der Waals surface area contributed by atoms with E-state index in [-0.39, 0.29) is 6.04 Å². The number of aryl methyl sites for hydroxylation is 1. The first-order valence-corrected chi connectivity index (χ1v) is 6.61. The summed E-state index contributed by atoms with van der Waals surface area (Å²) in [5.41, 5.74) is 1.60. The van der Waals surface area contributed by atoms with Gasteiger partial charge in [0.25, 0.3) is 0 Å². The number of nitrogens with one attached hydrogen (secondary N) is 1. The van der Waals surface area contributed by atoms with Gasteiger partial charge in [0.1, 0.15) is 5.69 Å². The molecule has 0 aliphatic rings. The van der Waals surface area contributed by atoms with Crippen molar-refractivity contribution in [1.82, 2.24) is 20.3 Å². The maximum absolute atomic E-state index is 5.28. The van der Waals surface area contributed by atoms with Crippen molar-refractivity contribution < 1.29 is 9.47 Å². The third-order valence-electron chi connectivity index (χ3n) is 2.64. The van der Waals surface area contributed by atoms with Gasteiger partial charge in [-0.05, 0) is 14.0 Å². The van der Waals surface area contributed by atoms with E-state index in [1.54, 1.807) is 31.8 Å². The summed E-state index contributed by atoms with van der Waals surface area (Å²) in [6.07, 6.45) is 1.57. The number of thiazole rings is 1. The number of hydrogen-bond acceptors (Lipinski definition) is 7. The van der Waals surface area contributed by atoms with E-state index in [0.29, 0.717) is 17.5 Å². The van der Waals surface area contributed by atoms with Crippen LogP contribution in [0.1, 0.15) is 22.4 Å². The summed E-state index contributed by atoms with van der Waals surface area (Å²) in [5.74, 6) is 0.856. The zero-order chi connectivity index (χ0) is 13.8. The molecule has 7 heteroatoms. The Hall–Kier alpha value is -1.73. The highest BCUT2D eigenvalue weighted by molar-refractivity contribution is 7.09. The molecule has 6 nitrogen and oxygen atoms in total. The van der Waals surface area contributed by atoms with Gasteiger partial charge in [0.05, 0.1) is 37.2 Å². The molecule has 0 amide bonds. The molecule has 1 unspecified atom stereocenters. The Morgan fingerprint density at radius 1 is 1.26 bits per heavy atom. The quantitative estimate of drug-likeness (QED) is 0.896. The molecular weight excluding hydrogens is 264 g/mol. The summed E-state index contributed by atoms with van der Waals surface area (Å²) >= 11 is 1.60. The van der Waals surface area contributed by atoms with Crippen LogP contribution in [0.25, 0.3) is 0 Å². The molecule has 2 aromatic heterocycles. The Morgan fingerprint density at radius 2 is 2.05 bits per heavy atom. The third kappa shape index (κ3) is 2.82. The molecular formula is C12H16N4O2S. The molecule has 0 aliphatic carbocycles. The zero-order valence-corrected chi connectivity index (χ0v) is 12.1. The molecule has 0 saturated carbocycles. The standard InChI is InChI=1S/C12H16N4O2S/c1-7-15-8(6-19-7)10(13-2)11-12(18-4)16-9(17-3)5-14-11/h5-6,10,13H,1-4H3. The normalized spacial score (nSPS) is 12.2. The molecule has 0 saturated heterocycles. The van der Waals surface area contributed by atoms with E-state index in [0.717, 1.165) is 10.7 Å². The first-order valence-electron chi connectivity index (χ1n) is 5.73. The van der Waals surface area contributed by atoms with E-state index in [1.165, 1.54) is 0 Å². The maximum Gasteiger partial charge on any atom is 0.240 e. The van der Waals surface area contributed by atoms with E-state index in [9.17, 15) is 0 Å². The van der Waals surface area contributed by atoms with Crippen molar-refractivity contribution >= 4 is 11.3 Å². The molecule has 2 rings (SSSR count). The number of hydrogen-bond donors (Lipinski definition) is 1. The third-order valence-corrected chi connectivity index (χ3v) is 3.43. The van der Waals surface area contributed by atoms with Crippen molar-refractivity contribution in [3.63, 3.8) is 0 Å². The van der Waals surface area contributed by atoms with Crippen LogP contribution < -0.4 is 14.8 Å². The largest absolute Gasteiger partial charge is 0.480 e. The summed E-state index contributed by atoms with van der Waals surface area (Å²) in [5, 5.41) is 6.19. The van der Waals surface area contributed by atoms with Gasteiger partial charge in [0.15, 0.2) is 0 Å². The van der Waals surface area contributed by atoms with Crippen LogP contribution in [0.2, 0.25) is 0 Å². The summed E-state index contributed by atoms with van der Waals surface area (Å²) in [7, 11) is 4.96. The van der Waals surface area contributed by atoms with E-state index < -0.39 is 0 Å². The highest BCUT2D eigenvalue weighted by Crippen LogP contribution is 2.28. The van der Waals surface area contributed by atoms with Gasteiger partial charge in [0.2, 0.25) is 11.8 Å². The maximum atomic E-state index is 5.28. The molecule has 0 radical (unpaired) electrons. The van der Waals surface area contributed by atoms with Crippen LogP contribution in [0.4, 0.5) is 0 Å². The molecule has 0 spiro atoms. The molecule has 2 heterocycles. The molecule has 0 aromatic carbocycles. The lowest BCUT2D eigenvalue weighted by molar-refractivity contribution is 0.353. The van der Waals surface area contributed by atoms with Gasteiger partial charge in [-0.1, -0.05) is 0 Å². The molecule has 0 fully saturated rings. The SMILES string of the molecule is CNC(c1csc(C)n1)c1ncc(OC)nc1OC. The molecule has 1 N–H and O–H groups in total. The molecule has 0 bridgehead atoms. The number of aromatic nitrogens is 3. The fourth-order valence-electron chi connectivity index (χ4n) is 1.75. The van der Waals surface area contributed by atoms with Gasteiger partial charge >= 0.3 is 0 Å². The second-order valence-corrected chi connectivity index (χ2v) is 4.88. The summed E-state index contributed by atoms with van der Waals surface area (Å²) in [6.45, 7) is 1.97. The summed E-state index contributed by atoms with van der Waals surface area (Å²) < 4.78 is 10.3. The van der Waals surface area contributed by atoms with Crippen LogP contribution in [-0.2, 0) is 0 Å². The average Bonchev–Trinajstić information content (AvgIpc) is 2.86. The number of nitrogens with zero attached hydrogens (tertiary/aromatic N) is 3. The van der Waals surface area contributed by atoms with E-state index in [1.807, 2.05) is 19.4 Å². The molecule has 102 valence electrons. The Balaban J connectivity index is 2.43. The predicted molar refractivity (Wildman–Crippen MR) is 72.9 cm³/mol. The van der Waals surface area contributed by atoms with Crippen LogP contribution >= 0.6 is 11.3 Å². The molecule has 19 heavy (non-hydrogen) atoms. The molecule has 0 aliphatic heterocycles. The van der Waals surface area contributed by atoms with Crippen molar-refractivity contribution in [2.45, 2.75) is 13.0 Å². The van der Waals surface area contributed by atoms with Gasteiger partial charge in [-0.2, -0.15) is 4.98 Å². The number of methoxy groups -OCH3 is 2. The second kappa shape index (κ2) is 5.94. The van der Waals surface area contributed by atoms with Gasteiger partial charge in [-0.15, -0.1) is 11.3 Å². The first kappa shape index (κ1) is 13.7. The number of rotatable bonds is 5. The van der Waals surface area contributed by atoms with Crippen molar-refractivity contribution in [1.29, 1.82) is 0 Å². The number of ether oxygens (including phenoxy) is 2. The molecule has 2 aromatic rings. The van der Waals surface area contributed by atoms with E-state index in [4.69, 9.17) is 9.47 Å². The van der Waals surface area contributed by atoms with Crippen molar-refractivity contribution in [3.8, 4) is 11.8 Å². The zero-order valence-electron chi connectivity index (χ0n) is 11.3. The van der Waals surface area contributed by atoms with Gasteiger partial charge < -0.3 is 14.8 Å². The average molecular weight is 280 g/mol. The highest BCUT2D eigenvalue weighted by Gasteiger charge is 2.22. The lowest BCUT2D eigenvalue weighted by Crippen LogP contribution is -2.20. The fourth-order valence-corrected chi connectivity index (χ4v) is 2.39. The van der Waals surface area contributed by atoms with Crippen LogP contribution in [0.3, 0.4) is 0 Å². The summed E-state index contributed by atoms with van der Waals surface area (Å²) in [4.78, 5) is 13.1. The Kier molecular flexibility index (Phi) is 4.28. The van der Waals surface area contributed by atoms with Gasteiger partial charge in [0, 0.05) is 5.38 Å². The van der Waals surface area contributed by atoms with Crippen molar-refractivity contribution in [3.05, 3.63) is 28.0 Å². The minimum atomic E-state index is -0.154. The minimum Gasteiger partial charge on any atom is -0.480 e.